The van der Waals surface area contributed by atoms with E-state index in [9.17, 15) is 13.6 Å². The normalized spacial score (nSPS) is 16.9. The molecule has 0 aliphatic carbocycles. The lowest BCUT2D eigenvalue weighted by molar-refractivity contribution is -0.0293. The van der Waals surface area contributed by atoms with Crippen molar-refractivity contribution in [3.8, 4) is 17.1 Å². The zero-order valence-electron chi connectivity index (χ0n) is 21.6. The number of rotatable bonds is 9. The van der Waals surface area contributed by atoms with E-state index in [1.165, 1.54) is 37.0 Å². The largest absolute Gasteiger partial charge is 0.493 e. The second kappa shape index (κ2) is 10.3. The van der Waals surface area contributed by atoms with Crippen LogP contribution in [-0.2, 0) is 0 Å². The van der Waals surface area contributed by atoms with Gasteiger partial charge < -0.3 is 24.4 Å². The summed E-state index contributed by atoms with van der Waals surface area (Å²) in [5.41, 5.74) is 2.96. The van der Waals surface area contributed by atoms with Crippen LogP contribution >= 0.6 is 0 Å². The number of hydrogen-bond acceptors (Lipinski definition) is 8. The maximum atomic E-state index is 13.2. The fraction of sp³-hybridized carbons (Fsp3) is 0.407. The number of aryl methyl sites for hydroxylation is 1. The molecular weight excluding hydrogens is 508 g/mol. The average molecular weight is 538 g/mol. The number of hydrogen-bond donors (Lipinski definition) is 1. The molecule has 1 aromatic carbocycles. The number of anilines is 2. The van der Waals surface area contributed by atoms with Gasteiger partial charge in [0.15, 0.2) is 0 Å². The van der Waals surface area contributed by atoms with Gasteiger partial charge >= 0.3 is 6.01 Å². The number of benzene rings is 1. The van der Waals surface area contributed by atoms with Crippen LogP contribution in [-0.4, -0.2) is 75.6 Å². The Balaban J connectivity index is 1.11. The molecular formula is C27H29F2N7O3. The first-order chi connectivity index (χ1) is 18.8. The Hall–Kier alpha value is -4.06. The van der Waals surface area contributed by atoms with Gasteiger partial charge in [0.05, 0.1) is 25.9 Å². The number of aromatic nitrogens is 4. The summed E-state index contributed by atoms with van der Waals surface area (Å²) in [5, 5.41) is 6.85. The van der Waals surface area contributed by atoms with Crippen LogP contribution < -0.4 is 15.0 Å². The Kier molecular flexibility index (Phi) is 6.63. The molecule has 2 saturated heterocycles. The van der Waals surface area contributed by atoms with Crippen LogP contribution in [0.15, 0.2) is 47.2 Å². The minimum absolute atomic E-state index is 0.0442. The molecule has 4 aromatic rings. The molecule has 10 nitrogen and oxygen atoms in total. The third kappa shape index (κ3) is 5.42. The molecule has 0 saturated carbocycles. The van der Waals surface area contributed by atoms with Crippen molar-refractivity contribution < 1.29 is 22.8 Å². The Morgan fingerprint density at radius 1 is 1.18 bits per heavy atom. The van der Waals surface area contributed by atoms with E-state index in [2.05, 4.69) is 25.3 Å². The van der Waals surface area contributed by atoms with E-state index in [1.54, 1.807) is 22.7 Å². The van der Waals surface area contributed by atoms with Crippen LogP contribution in [0, 0.1) is 6.92 Å². The molecule has 12 heteroatoms. The van der Waals surface area contributed by atoms with Gasteiger partial charge in [0.1, 0.15) is 17.1 Å². The fourth-order valence-corrected chi connectivity index (χ4v) is 4.89. The quantitative estimate of drug-likeness (QED) is 0.316. The maximum Gasteiger partial charge on any atom is 0.324 e. The number of alkyl halides is 2. The first-order valence-electron chi connectivity index (χ1n) is 13.1. The highest BCUT2D eigenvalue weighted by atomic mass is 19.3. The van der Waals surface area contributed by atoms with Crippen LogP contribution in [0.2, 0.25) is 0 Å². The van der Waals surface area contributed by atoms with Gasteiger partial charge in [0.2, 0.25) is 5.82 Å². The lowest BCUT2D eigenvalue weighted by atomic mass is 10.1. The number of halogens is 2. The number of likely N-dealkylation sites (tertiary alicyclic amines) is 1. The van der Waals surface area contributed by atoms with Crippen molar-refractivity contribution in [2.45, 2.75) is 32.1 Å². The number of carbonyl (C=O) groups excluding carboxylic acids is 1. The number of ether oxygens (including phenoxy) is 1. The number of carbonyl (C=O) groups is 1. The van der Waals surface area contributed by atoms with Gasteiger partial charge in [-0.05, 0) is 57.0 Å². The van der Waals surface area contributed by atoms with Crippen LogP contribution in [0.4, 0.5) is 20.5 Å². The molecule has 0 bridgehead atoms. The molecule has 1 N–H and O–H groups in total. The van der Waals surface area contributed by atoms with Gasteiger partial charge in [-0.2, -0.15) is 4.98 Å². The molecule has 0 unspecified atom stereocenters. The Labute approximate surface area is 223 Å². The van der Waals surface area contributed by atoms with E-state index >= 15 is 0 Å². The molecule has 2 fully saturated rings. The molecule has 0 spiro atoms. The van der Waals surface area contributed by atoms with Crippen molar-refractivity contribution in [3.05, 3.63) is 54.0 Å². The fourth-order valence-electron chi connectivity index (χ4n) is 4.89. The van der Waals surface area contributed by atoms with Gasteiger partial charge in [-0.15, -0.1) is 0 Å². The number of nitrogens with one attached hydrogen (secondary N) is 1. The third-order valence-electron chi connectivity index (χ3n) is 7.08. The number of nitrogens with zero attached hydrogens (tertiary/aromatic N) is 6. The lowest BCUT2D eigenvalue weighted by Gasteiger charge is -2.36. The van der Waals surface area contributed by atoms with Gasteiger partial charge in [-0.3, -0.25) is 9.20 Å². The minimum atomic E-state index is -2.74. The molecule has 39 heavy (non-hydrogen) atoms. The lowest BCUT2D eigenvalue weighted by Crippen LogP contribution is -2.56. The van der Waals surface area contributed by atoms with E-state index in [4.69, 9.17) is 9.26 Å². The predicted octanol–water partition coefficient (Wildman–Crippen LogP) is 4.27. The summed E-state index contributed by atoms with van der Waals surface area (Å²) >= 11 is 0. The first-order valence-corrected chi connectivity index (χ1v) is 13.1. The van der Waals surface area contributed by atoms with E-state index < -0.39 is 19.0 Å². The summed E-state index contributed by atoms with van der Waals surface area (Å²) in [6.07, 6.45) is 6.82. The monoisotopic (exact) mass is 537 g/mol. The Bertz CT molecular complexity index is 1490. The summed E-state index contributed by atoms with van der Waals surface area (Å²) in [7, 11) is 0. The molecule has 204 valence electrons. The minimum Gasteiger partial charge on any atom is -0.493 e. The van der Waals surface area contributed by atoms with Gasteiger partial charge in [-0.25, -0.2) is 13.8 Å². The topological polar surface area (TPSA) is 101 Å². The van der Waals surface area contributed by atoms with E-state index in [-0.39, 0.29) is 17.7 Å². The summed E-state index contributed by atoms with van der Waals surface area (Å²) in [4.78, 5) is 25.6. The first kappa shape index (κ1) is 25.2. The summed E-state index contributed by atoms with van der Waals surface area (Å²) in [5.74, 6) is -2.11. The predicted molar refractivity (Wildman–Crippen MR) is 141 cm³/mol. The standard InChI is InChI=1S/C27H29F2N7O3/c1-18-5-6-19(24-32-26(39-33-24)35-16-27(28,29)17-35)13-21(18)31-25(37)22-15-30-23-14-20(7-11-36(22)23)38-12-4-10-34-8-2-3-9-34/h5-7,11,13-15H,2-4,8-10,12,16-17H2,1H3,(H,31,37). The Morgan fingerprint density at radius 3 is 2.79 bits per heavy atom. The van der Waals surface area contributed by atoms with Crippen LogP contribution in [0.5, 0.6) is 5.75 Å². The maximum absolute atomic E-state index is 13.2. The van der Waals surface area contributed by atoms with Crippen molar-refractivity contribution in [3.63, 3.8) is 0 Å². The van der Waals surface area contributed by atoms with Crippen molar-refractivity contribution in [1.82, 2.24) is 24.4 Å². The molecule has 0 atom stereocenters. The summed E-state index contributed by atoms with van der Waals surface area (Å²) in [6, 6.07) is 9.02. The highest BCUT2D eigenvalue weighted by molar-refractivity contribution is 6.04. The highest BCUT2D eigenvalue weighted by Crippen LogP contribution is 2.32. The number of pyridine rings is 1. The van der Waals surface area contributed by atoms with Gasteiger partial charge in [-0.1, -0.05) is 17.3 Å². The van der Waals surface area contributed by atoms with E-state index in [0.717, 1.165) is 18.5 Å². The van der Waals surface area contributed by atoms with E-state index in [0.29, 0.717) is 34.9 Å². The second-order valence-electron chi connectivity index (χ2n) is 10.1. The smallest absolute Gasteiger partial charge is 0.324 e. The number of imidazole rings is 1. The van der Waals surface area contributed by atoms with Crippen LogP contribution in [0.1, 0.15) is 35.3 Å². The summed E-state index contributed by atoms with van der Waals surface area (Å²) < 4.78 is 39.1. The zero-order chi connectivity index (χ0) is 27.0. The van der Waals surface area contributed by atoms with Crippen molar-refractivity contribution in [2.75, 3.05) is 49.5 Å². The van der Waals surface area contributed by atoms with Crippen LogP contribution in [0.3, 0.4) is 0 Å². The van der Waals surface area contributed by atoms with Crippen LogP contribution in [0.25, 0.3) is 17.0 Å². The molecule has 2 aliphatic heterocycles. The molecule has 3 aromatic heterocycles. The van der Waals surface area contributed by atoms with Crippen molar-refractivity contribution in [2.24, 2.45) is 0 Å². The average Bonchev–Trinajstić information content (AvgIpc) is 3.67. The van der Waals surface area contributed by atoms with Gasteiger partial charge in [0.25, 0.3) is 11.8 Å². The summed E-state index contributed by atoms with van der Waals surface area (Å²) in [6.45, 7) is 4.99. The Morgan fingerprint density at radius 2 is 2.00 bits per heavy atom. The highest BCUT2D eigenvalue weighted by Gasteiger charge is 2.46. The number of amides is 1. The SMILES string of the molecule is Cc1ccc(-c2noc(N3CC(F)(F)C3)n2)cc1NC(=O)c1cnc2cc(OCCCN3CCCC3)ccn12. The van der Waals surface area contributed by atoms with Gasteiger partial charge in [0, 0.05) is 30.1 Å². The van der Waals surface area contributed by atoms with E-state index in [1.807, 2.05) is 25.1 Å². The molecule has 1 amide bonds. The molecule has 2 aliphatic rings. The van der Waals surface area contributed by atoms with Crippen molar-refractivity contribution in [1.29, 1.82) is 0 Å². The molecule has 0 radical (unpaired) electrons. The number of fused-ring (bicyclic) bond motifs is 1. The second-order valence-corrected chi connectivity index (χ2v) is 10.1. The molecule has 5 heterocycles. The zero-order valence-corrected chi connectivity index (χ0v) is 21.6. The molecule has 6 rings (SSSR count). The van der Waals surface area contributed by atoms with Crippen molar-refractivity contribution >= 4 is 23.3 Å². The third-order valence-corrected chi connectivity index (χ3v) is 7.08.